The first-order valence-corrected chi connectivity index (χ1v) is 5.44. The molecule has 0 aromatic heterocycles. The number of nitro groups is 1. The summed E-state index contributed by atoms with van der Waals surface area (Å²) < 4.78 is 9.77. The van der Waals surface area contributed by atoms with Gasteiger partial charge in [0.05, 0.1) is 24.5 Å². The predicted molar refractivity (Wildman–Crippen MR) is 63.4 cm³/mol. The minimum absolute atomic E-state index is 0.0427. The first kappa shape index (κ1) is 13.0. The Hall–Kier alpha value is -2.41. The third-order valence-corrected chi connectivity index (χ3v) is 2.70. The number of hydrogen-bond donors (Lipinski definition) is 1. The van der Waals surface area contributed by atoms with Gasteiger partial charge >= 0.3 is 5.97 Å². The van der Waals surface area contributed by atoms with Crippen LogP contribution < -0.4 is 4.74 Å². The number of methoxy groups -OCH3 is 1. The molecule has 1 aliphatic rings. The van der Waals surface area contributed by atoms with Gasteiger partial charge in [-0.25, -0.2) is 0 Å². The second-order valence-electron chi connectivity index (χ2n) is 3.87. The van der Waals surface area contributed by atoms with Crippen molar-refractivity contribution in [2.45, 2.75) is 12.5 Å². The fourth-order valence-corrected chi connectivity index (χ4v) is 1.71. The van der Waals surface area contributed by atoms with Gasteiger partial charge in [0.2, 0.25) is 0 Å². The maximum absolute atomic E-state index is 11.0. The molecule has 0 saturated carbocycles. The van der Waals surface area contributed by atoms with E-state index in [1.54, 1.807) is 0 Å². The number of fused-ring (bicyclic) bond motifs is 1. The summed E-state index contributed by atoms with van der Waals surface area (Å²) in [5, 5.41) is 20.6. The third kappa shape index (κ3) is 2.55. The summed E-state index contributed by atoms with van der Waals surface area (Å²) in [5.74, 6) is -0.0797. The molecule has 1 atom stereocenters. The van der Waals surface area contributed by atoms with Gasteiger partial charge in [0.25, 0.3) is 5.69 Å². The molecule has 0 aliphatic carbocycles. The summed E-state index contributed by atoms with van der Waals surface area (Å²) in [6, 6.07) is 3.95. The van der Waals surface area contributed by atoms with E-state index in [-0.39, 0.29) is 23.6 Å². The fourth-order valence-electron chi connectivity index (χ4n) is 1.71. The summed E-state index contributed by atoms with van der Waals surface area (Å²) in [6.45, 7) is 0. The molecule has 19 heavy (non-hydrogen) atoms. The van der Waals surface area contributed by atoms with Crippen LogP contribution in [0.25, 0.3) is 0 Å². The topological polar surface area (TPSA) is 98.9 Å². The molecule has 1 heterocycles. The highest BCUT2D eigenvalue weighted by atomic mass is 16.6. The summed E-state index contributed by atoms with van der Waals surface area (Å²) in [6.07, 6.45) is 0.321. The van der Waals surface area contributed by atoms with Crippen LogP contribution in [0.3, 0.4) is 0 Å². The molecule has 1 aliphatic heterocycles. The number of ether oxygens (including phenoxy) is 2. The average molecular weight is 265 g/mol. The van der Waals surface area contributed by atoms with Gasteiger partial charge in [-0.3, -0.25) is 14.9 Å². The van der Waals surface area contributed by atoms with Crippen LogP contribution in [-0.4, -0.2) is 23.1 Å². The van der Waals surface area contributed by atoms with Crippen molar-refractivity contribution in [2.24, 2.45) is 0 Å². The standard InChI is InChI=1S/C12H11NO6/c1-18-11(14)5-4-9-12(15)8-3-2-7(13(16)17)6-10(8)19-9/h2-4,6,12,15H,5H2,1H3/b9-4+. The smallest absolute Gasteiger partial charge is 0.309 e. The van der Waals surface area contributed by atoms with Crippen LogP contribution in [0.4, 0.5) is 5.69 Å². The molecular weight excluding hydrogens is 254 g/mol. The van der Waals surface area contributed by atoms with E-state index in [4.69, 9.17) is 4.74 Å². The number of esters is 1. The van der Waals surface area contributed by atoms with E-state index in [0.29, 0.717) is 5.56 Å². The summed E-state index contributed by atoms with van der Waals surface area (Å²) in [7, 11) is 1.25. The minimum atomic E-state index is -1.03. The first-order valence-electron chi connectivity index (χ1n) is 5.44. The van der Waals surface area contributed by atoms with Crippen molar-refractivity contribution in [1.29, 1.82) is 0 Å². The van der Waals surface area contributed by atoms with Crippen LogP contribution >= 0.6 is 0 Å². The van der Waals surface area contributed by atoms with E-state index in [1.807, 2.05) is 0 Å². The summed E-state index contributed by atoms with van der Waals surface area (Å²) >= 11 is 0. The van der Waals surface area contributed by atoms with Crippen molar-refractivity contribution in [1.82, 2.24) is 0 Å². The Morgan fingerprint density at radius 3 is 3.00 bits per heavy atom. The summed E-state index contributed by atoms with van der Waals surface area (Å²) in [4.78, 5) is 21.1. The normalized spacial score (nSPS) is 18.8. The van der Waals surface area contributed by atoms with Crippen molar-refractivity contribution in [3.63, 3.8) is 0 Å². The van der Waals surface area contributed by atoms with Crippen molar-refractivity contribution < 1.29 is 24.3 Å². The van der Waals surface area contributed by atoms with Gasteiger partial charge in [0.1, 0.15) is 17.6 Å². The molecule has 7 heteroatoms. The largest absolute Gasteiger partial charge is 0.469 e. The van der Waals surface area contributed by atoms with E-state index in [2.05, 4.69) is 4.74 Å². The van der Waals surface area contributed by atoms with Crippen molar-refractivity contribution in [3.05, 3.63) is 45.7 Å². The van der Waals surface area contributed by atoms with Gasteiger partial charge < -0.3 is 14.6 Å². The number of carbonyl (C=O) groups excluding carboxylic acids is 1. The lowest BCUT2D eigenvalue weighted by molar-refractivity contribution is -0.384. The maximum Gasteiger partial charge on any atom is 0.309 e. The molecule has 0 amide bonds. The average Bonchev–Trinajstić information content (AvgIpc) is 2.72. The lowest BCUT2D eigenvalue weighted by Gasteiger charge is -2.02. The Balaban J connectivity index is 2.23. The monoisotopic (exact) mass is 265 g/mol. The Morgan fingerprint density at radius 2 is 2.37 bits per heavy atom. The zero-order valence-corrected chi connectivity index (χ0v) is 10.0. The van der Waals surface area contributed by atoms with Gasteiger partial charge in [-0.1, -0.05) is 0 Å². The Labute approximate surface area is 108 Å². The Morgan fingerprint density at radius 1 is 1.63 bits per heavy atom. The minimum Gasteiger partial charge on any atom is -0.469 e. The molecule has 0 saturated heterocycles. The first-order chi connectivity index (χ1) is 9.02. The highest BCUT2D eigenvalue weighted by molar-refractivity contribution is 5.71. The molecule has 1 unspecified atom stereocenters. The van der Waals surface area contributed by atoms with Crippen LogP contribution in [0.15, 0.2) is 30.0 Å². The highest BCUT2D eigenvalue weighted by Gasteiger charge is 2.29. The van der Waals surface area contributed by atoms with Gasteiger partial charge in [-0.05, 0) is 12.1 Å². The van der Waals surface area contributed by atoms with Gasteiger partial charge in [0, 0.05) is 11.6 Å². The fraction of sp³-hybridized carbons (Fsp3) is 0.250. The van der Waals surface area contributed by atoms with Gasteiger partial charge in [-0.2, -0.15) is 0 Å². The number of aliphatic hydroxyl groups excluding tert-OH is 1. The van der Waals surface area contributed by atoms with E-state index in [1.165, 1.54) is 31.4 Å². The molecule has 1 aromatic carbocycles. The second kappa shape index (κ2) is 5.07. The lowest BCUT2D eigenvalue weighted by atomic mass is 10.1. The Bertz CT molecular complexity index is 565. The number of nitro benzene ring substituents is 1. The van der Waals surface area contributed by atoms with Gasteiger partial charge in [-0.15, -0.1) is 0 Å². The molecular formula is C12H11NO6. The number of non-ortho nitro benzene ring substituents is 1. The van der Waals surface area contributed by atoms with E-state index < -0.39 is 17.0 Å². The molecule has 1 N–H and O–H groups in total. The van der Waals surface area contributed by atoms with Crippen LogP contribution in [-0.2, 0) is 9.53 Å². The van der Waals surface area contributed by atoms with Crippen LogP contribution in [0.5, 0.6) is 5.75 Å². The molecule has 7 nitrogen and oxygen atoms in total. The second-order valence-corrected chi connectivity index (χ2v) is 3.87. The van der Waals surface area contributed by atoms with Crippen LogP contribution in [0, 0.1) is 10.1 Å². The van der Waals surface area contributed by atoms with Crippen LogP contribution in [0.1, 0.15) is 18.1 Å². The summed E-state index contributed by atoms with van der Waals surface area (Å²) in [5.41, 5.74) is 0.307. The SMILES string of the molecule is COC(=O)C/C=C1/Oc2cc([N+](=O)[O-])ccc2C1O. The maximum atomic E-state index is 11.0. The molecule has 100 valence electrons. The number of benzene rings is 1. The van der Waals surface area contributed by atoms with E-state index >= 15 is 0 Å². The third-order valence-electron chi connectivity index (χ3n) is 2.70. The van der Waals surface area contributed by atoms with E-state index in [0.717, 1.165) is 0 Å². The molecule has 0 bridgehead atoms. The number of hydrogen-bond acceptors (Lipinski definition) is 6. The highest BCUT2D eigenvalue weighted by Crippen LogP contribution is 2.40. The van der Waals surface area contributed by atoms with Crippen molar-refractivity contribution >= 4 is 11.7 Å². The molecule has 0 radical (unpaired) electrons. The van der Waals surface area contributed by atoms with E-state index in [9.17, 15) is 20.0 Å². The Kier molecular flexibility index (Phi) is 3.48. The number of nitrogens with zero attached hydrogens (tertiary/aromatic N) is 1. The predicted octanol–water partition coefficient (Wildman–Crippen LogP) is 1.47. The quantitative estimate of drug-likeness (QED) is 0.504. The zero-order valence-electron chi connectivity index (χ0n) is 10.0. The van der Waals surface area contributed by atoms with Gasteiger partial charge in [0.15, 0.2) is 0 Å². The van der Waals surface area contributed by atoms with Crippen molar-refractivity contribution in [2.75, 3.05) is 7.11 Å². The molecule has 0 fully saturated rings. The number of rotatable bonds is 3. The number of aliphatic hydroxyl groups is 1. The number of carbonyl (C=O) groups is 1. The lowest BCUT2D eigenvalue weighted by Crippen LogP contribution is -2.01. The zero-order chi connectivity index (χ0) is 14.0. The molecule has 2 rings (SSSR count). The van der Waals surface area contributed by atoms with Crippen LogP contribution in [0.2, 0.25) is 0 Å². The molecule has 1 aromatic rings. The van der Waals surface area contributed by atoms with Crippen molar-refractivity contribution in [3.8, 4) is 5.75 Å². The molecule has 0 spiro atoms.